The van der Waals surface area contributed by atoms with Crippen LogP contribution < -0.4 is 19.5 Å². The van der Waals surface area contributed by atoms with Crippen molar-refractivity contribution in [3.63, 3.8) is 0 Å². The lowest BCUT2D eigenvalue weighted by Crippen LogP contribution is -2.40. The van der Waals surface area contributed by atoms with Crippen molar-refractivity contribution in [3.8, 4) is 17.2 Å². The molecule has 0 radical (unpaired) electrons. The first-order valence-corrected chi connectivity index (χ1v) is 7.34. The molecular weight excluding hydrogens is 320 g/mol. The first-order chi connectivity index (χ1) is 11.6. The van der Waals surface area contributed by atoms with Crippen molar-refractivity contribution in [1.82, 2.24) is 5.32 Å². The van der Waals surface area contributed by atoms with Gasteiger partial charge in [0.2, 0.25) is 0 Å². The molecule has 1 atom stereocenters. The van der Waals surface area contributed by atoms with Gasteiger partial charge in [0.05, 0.1) is 12.1 Å². The number of ether oxygens (including phenoxy) is 3. The number of hydrogen-bond donors (Lipinski definition) is 1. The molecule has 1 amide bonds. The van der Waals surface area contributed by atoms with Crippen molar-refractivity contribution in [2.75, 3.05) is 13.2 Å². The van der Waals surface area contributed by atoms with Crippen molar-refractivity contribution in [2.24, 2.45) is 0 Å². The number of halogens is 2. The molecule has 0 saturated carbocycles. The average molecular weight is 335 g/mol. The van der Waals surface area contributed by atoms with E-state index in [1.54, 1.807) is 18.2 Å². The van der Waals surface area contributed by atoms with Crippen LogP contribution in [-0.4, -0.2) is 31.8 Å². The number of carbonyl (C=O) groups excluding carboxylic acids is 1. The van der Waals surface area contributed by atoms with Gasteiger partial charge in [0.1, 0.15) is 18.5 Å². The Balaban J connectivity index is 1.61. The van der Waals surface area contributed by atoms with Gasteiger partial charge in [-0.25, -0.2) is 0 Å². The van der Waals surface area contributed by atoms with Gasteiger partial charge < -0.3 is 19.5 Å². The molecule has 7 heteroatoms. The maximum atomic E-state index is 12.4. The van der Waals surface area contributed by atoms with Crippen LogP contribution >= 0.6 is 0 Å². The third kappa shape index (κ3) is 3.73. The number of fused-ring (bicyclic) bond motifs is 1. The minimum atomic E-state index is -2.99. The monoisotopic (exact) mass is 335 g/mol. The second kappa shape index (κ2) is 7.16. The van der Waals surface area contributed by atoms with Gasteiger partial charge in [0.15, 0.2) is 11.5 Å². The first kappa shape index (κ1) is 16.0. The normalized spacial score (nSPS) is 15.9. The molecule has 24 heavy (non-hydrogen) atoms. The van der Waals surface area contributed by atoms with Gasteiger partial charge in [-0.2, -0.15) is 8.78 Å². The molecule has 1 unspecified atom stereocenters. The lowest BCUT2D eigenvalue weighted by Gasteiger charge is -2.26. The molecule has 126 valence electrons. The van der Waals surface area contributed by atoms with Crippen molar-refractivity contribution in [3.05, 3.63) is 54.1 Å². The van der Waals surface area contributed by atoms with E-state index in [4.69, 9.17) is 9.47 Å². The van der Waals surface area contributed by atoms with Crippen LogP contribution in [0.5, 0.6) is 17.2 Å². The highest BCUT2D eigenvalue weighted by Crippen LogP contribution is 2.30. The number of amides is 1. The molecular formula is C17H15F2NO4. The van der Waals surface area contributed by atoms with Crippen LogP contribution in [0.1, 0.15) is 10.4 Å². The number of alkyl halides is 2. The number of rotatable bonds is 5. The van der Waals surface area contributed by atoms with E-state index in [9.17, 15) is 13.6 Å². The van der Waals surface area contributed by atoms with E-state index in [1.165, 1.54) is 18.2 Å². The topological polar surface area (TPSA) is 56.8 Å². The molecule has 1 heterocycles. The lowest BCUT2D eigenvalue weighted by atomic mass is 10.2. The van der Waals surface area contributed by atoms with Crippen LogP contribution in [0.2, 0.25) is 0 Å². The van der Waals surface area contributed by atoms with E-state index in [2.05, 4.69) is 10.1 Å². The van der Waals surface area contributed by atoms with Crippen LogP contribution in [0.15, 0.2) is 48.5 Å². The number of nitrogens with one attached hydrogen (secondary N) is 1. The predicted molar refractivity (Wildman–Crippen MR) is 81.8 cm³/mol. The summed E-state index contributed by atoms with van der Waals surface area (Å²) in [4.78, 5) is 12.2. The molecule has 0 saturated heterocycles. The van der Waals surface area contributed by atoms with Gasteiger partial charge in [-0.1, -0.05) is 24.3 Å². The highest BCUT2D eigenvalue weighted by Gasteiger charge is 2.22. The summed E-state index contributed by atoms with van der Waals surface area (Å²) in [6.07, 6.45) is -0.368. The zero-order chi connectivity index (χ0) is 16.9. The second-order valence-electron chi connectivity index (χ2n) is 5.08. The Hall–Kier alpha value is -2.83. The van der Waals surface area contributed by atoms with Gasteiger partial charge in [-0.05, 0) is 24.3 Å². The summed E-state index contributed by atoms with van der Waals surface area (Å²) in [5, 5.41) is 2.64. The zero-order valence-electron chi connectivity index (χ0n) is 12.6. The van der Waals surface area contributed by atoms with E-state index in [-0.39, 0.29) is 30.6 Å². The third-order valence-corrected chi connectivity index (χ3v) is 3.41. The molecule has 2 aromatic carbocycles. The van der Waals surface area contributed by atoms with Gasteiger partial charge >= 0.3 is 6.61 Å². The Labute approximate surface area is 137 Å². The summed E-state index contributed by atoms with van der Waals surface area (Å²) >= 11 is 0. The fourth-order valence-corrected chi connectivity index (χ4v) is 2.32. The molecule has 2 aromatic rings. The van der Waals surface area contributed by atoms with Crippen LogP contribution in [0.3, 0.4) is 0 Å². The Morgan fingerprint density at radius 3 is 2.67 bits per heavy atom. The first-order valence-electron chi connectivity index (χ1n) is 7.34. The van der Waals surface area contributed by atoms with E-state index < -0.39 is 12.5 Å². The molecule has 0 aromatic heterocycles. The third-order valence-electron chi connectivity index (χ3n) is 3.41. The molecule has 0 bridgehead atoms. The van der Waals surface area contributed by atoms with Crippen molar-refractivity contribution >= 4 is 5.91 Å². The zero-order valence-corrected chi connectivity index (χ0v) is 12.6. The van der Waals surface area contributed by atoms with E-state index in [0.29, 0.717) is 11.5 Å². The lowest BCUT2D eigenvalue weighted by molar-refractivity contribution is -0.0501. The maximum Gasteiger partial charge on any atom is 0.387 e. The van der Waals surface area contributed by atoms with E-state index in [1.807, 2.05) is 12.1 Å². The molecule has 0 spiro atoms. The Kier molecular flexibility index (Phi) is 4.79. The number of benzene rings is 2. The Morgan fingerprint density at radius 1 is 1.17 bits per heavy atom. The number of carbonyl (C=O) groups is 1. The van der Waals surface area contributed by atoms with Crippen LogP contribution in [0.4, 0.5) is 8.78 Å². The Bertz CT molecular complexity index is 723. The fraction of sp³-hybridized carbons (Fsp3) is 0.235. The SMILES string of the molecule is O=C(NCC1COc2ccccc2O1)c1ccccc1OC(F)F. The smallest absolute Gasteiger partial charge is 0.387 e. The summed E-state index contributed by atoms with van der Waals surface area (Å²) in [5.41, 5.74) is 0.0370. The second-order valence-corrected chi connectivity index (χ2v) is 5.08. The molecule has 1 N–H and O–H groups in total. The van der Waals surface area contributed by atoms with Crippen LogP contribution in [-0.2, 0) is 0 Å². The molecule has 0 fully saturated rings. The van der Waals surface area contributed by atoms with Crippen LogP contribution in [0, 0.1) is 0 Å². The Morgan fingerprint density at radius 2 is 1.88 bits per heavy atom. The highest BCUT2D eigenvalue weighted by molar-refractivity contribution is 5.96. The van der Waals surface area contributed by atoms with Gasteiger partial charge in [0.25, 0.3) is 5.91 Å². The quantitative estimate of drug-likeness (QED) is 0.913. The van der Waals surface area contributed by atoms with E-state index in [0.717, 1.165) is 0 Å². The minimum absolute atomic E-state index is 0.0370. The molecule has 5 nitrogen and oxygen atoms in total. The summed E-state index contributed by atoms with van der Waals surface area (Å²) in [6, 6.07) is 13.0. The van der Waals surface area contributed by atoms with E-state index >= 15 is 0 Å². The van der Waals surface area contributed by atoms with Gasteiger partial charge in [0, 0.05) is 0 Å². The molecule has 0 aliphatic carbocycles. The summed E-state index contributed by atoms with van der Waals surface area (Å²) in [5.74, 6) is 0.560. The van der Waals surface area contributed by atoms with Gasteiger partial charge in [-0.3, -0.25) is 4.79 Å². The largest absolute Gasteiger partial charge is 0.486 e. The van der Waals surface area contributed by atoms with Crippen LogP contribution in [0.25, 0.3) is 0 Å². The number of hydrogen-bond acceptors (Lipinski definition) is 4. The average Bonchev–Trinajstić information content (AvgIpc) is 2.59. The molecule has 1 aliphatic rings. The summed E-state index contributed by atoms with van der Waals surface area (Å²) in [6.45, 7) is -2.53. The summed E-state index contributed by atoms with van der Waals surface area (Å²) < 4.78 is 40.4. The van der Waals surface area contributed by atoms with Gasteiger partial charge in [-0.15, -0.1) is 0 Å². The standard InChI is InChI=1S/C17H15F2NO4/c18-17(19)24-13-6-2-1-5-12(13)16(21)20-9-11-10-22-14-7-3-4-8-15(14)23-11/h1-8,11,17H,9-10H2,(H,20,21). The number of para-hydroxylation sites is 3. The van der Waals surface area contributed by atoms with Crippen molar-refractivity contribution in [1.29, 1.82) is 0 Å². The molecule has 3 rings (SSSR count). The predicted octanol–water partition coefficient (Wildman–Crippen LogP) is 2.86. The van der Waals surface area contributed by atoms with Crippen molar-refractivity contribution < 1.29 is 27.8 Å². The highest BCUT2D eigenvalue weighted by atomic mass is 19.3. The maximum absolute atomic E-state index is 12.4. The molecule has 1 aliphatic heterocycles. The fourth-order valence-electron chi connectivity index (χ4n) is 2.32. The van der Waals surface area contributed by atoms with Crippen molar-refractivity contribution in [2.45, 2.75) is 12.7 Å². The summed E-state index contributed by atoms with van der Waals surface area (Å²) in [7, 11) is 0. The minimum Gasteiger partial charge on any atom is -0.486 e.